The Hall–Kier alpha value is -0.970. The zero-order valence-electron chi connectivity index (χ0n) is 6.74. The van der Waals surface area contributed by atoms with E-state index in [0.717, 1.165) is 16.7 Å². The van der Waals surface area contributed by atoms with Crippen LogP contribution in [0.4, 0.5) is 0 Å². The van der Waals surface area contributed by atoms with Crippen LogP contribution in [0.15, 0.2) is 10.9 Å². The third-order valence-corrected chi connectivity index (χ3v) is 2.11. The standard InChI is InChI=1S/C7H7BrN4/c1-4-6-5(12(2)11-4)3-9-7(8)10-6/h3H,1-2H3. The normalized spacial score (nSPS) is 10.9. The SMILES string of the molecule is Cc1nn(C)c2cnc(Br)nc12. The highest BCUT2D eigenvalue weighted by atomic mass is 79.9. The van der Waals surface area contributed by atoms with Gasteiger partial charge in [-0.3, -0.25) is 4.68 Å². The van der Waals surface area contributed by atoms with Gasteiger partial charge in [-0.2, -0.15) is 5.10 Å². The Labute approximate surface area is 77.8 Å². The molecule has 0 spiro atoms. The van der Waals surface area contributed by atoms with E-state index < -0.39 is 0 Å². The van der Waals surface area contributed by atoms with Crippen LogP contribution in [0.25, 0.3) is 11.0 Å². The average molecular weight is 227 g/mol. The van der Waals surface area contributed by atoms with Crippen LogP contribution >= 0.6 is 15.9 Å². The Kier molecular flexibility index (Phi) is 1.61. The number of rotatable bonds is 0. The summed E-state index contributed by atoms with van der Waals surface area (Å²) < 4.78 is 2.38. The molecule has 0 aliphatic carbocycles. The van der Waals surface area contributed by atoms with Gasteiger partial charge in [0.1, 0.15) is 11.0 Å². The fourth-order valence-electron chi connectivity index (χ4n) is 1.18. The summed E-state index contributed by atoms with van der Waals surface area (Å²) in [5.74, 6) is 0. The molecule has 0 aromatic carbocycles. The molecule has 0 bridgehead atoms. The summed E-state index contributed by atoms with van der Waals surface area (Å²) in [6.07, 6.45) is 1.76. The zero-order chi connectivity index (χ0) is 8.72. The lowest BCUT2D eigenvalue weighted by atomic mass is 10.4. The minimum Gasteiger partial charge on any atom is -0.264 e. The number of halogens is 1. The first-order valence-electron chi connectivity index (χ1n) is 3.50. The molecule has 2 aromatic rings. The highest BCUT2D eigenvalue weighted by Gasteiger charge is 2.06. The van der Waals surface area contributed by atoms with Crippen LogP contribution in [0.3, 0.4) is 0 Å². The summed E-state index contributed by atoms with van der Waals surface area (Å²) in [4.78, 5) is 8.24. The number of fused-ring (bicyclic) bond motifs is 1. The van der Waals surface area contributed by atoms with Crippen molar-refractivity contribution in [1.29, 1.82) is 0 Å². The van der Waals surface area contributed by atoms with Gasteiger partial charge in [-0.05, 0) is 22.9 Å². The first kappa shape index (κ1) is 7.67. The van der Waals surface area contributed by atoms with Crippen molar-refractivity contribution in [2.75, 3.05) is 0 Å². The molecule has 2 rings (SSSR count). The van der Waals surface area contributed by atoms with Gasteiger partial charge in [0.05, 0.1) is 11.9 Å². The summed E-state index contributed by atoms with van der Waals surface area (Å²) >= 11 is 3.22. The quantitative estimate of drug-likeness (QED) is 0.639. The van der Waals surface area contributed by atoms with E-state index in [2.05, 4.69) is 31.0 Å². The third-order valence-electron chi connectivity index (χ3n) is 1.73. The van der Waals surface area contributed by atoms with Gasteiger partial charge in [-0.15, -0.1) is 0 Å². The van der Waals surface area contributed by atoms with Gasteiger partial charge < -0.3 is 0 Å². The number of nitrogens with zero attached hydrogens (tertiary/aromatic N) is 4. The molecule has 0 fully saturated rings. The summed E-state index contributed by atoms with van der Waals surface area (Å²) in [5.41, 5.74) is 2.78. The minimum atomic E-state index is 0.603. The molecule has 5 heteroatoms. The van der Waals surface area contributed by atoms with E-state index in [9.17, 15) is 0 Å². The molecular formula is C7H7BrN4. The topological polar surface area (TPSA) is 43.6 Å². The van der Waals surface area contributed by atoms with E-state index in [4.69, 9.17) is 0 Å². The lowest BCUT2D eigenvalue weighted by Crippen LogP contribution is -1.90. The molecule has 62 valence electrons. The molecule has 2 aromatic heterocycles. The van der Waals surface area contributed by atoms with Gasteiger partial charge in [0.15, 0.2) is 4.73 Å². The second-order valence-corrected chi connectivity index (χ2v) is 3.29. The van der Waals surface area contributed by atoms with Crippen LogP contribution in [-0.2, 0) is 7.05 Å². The molecule has 0 aliphatic rings. The summed E-state index contributed by atoms with van der Waals surface area (Å²) in [6.45, 7) is 1.93. The van der Waals surface area contributed by atoms with Crippen molar-refractivity contribution < 1.29 is 0 Å². The summed E-state index contributed by atoms with van der Waals surface area (Å²) in [5, 5.41) is 4.22. The number of hydrogen-bond donors (Lipinski definition) is 0. The molecule has 0 atom stereocenters. The maximum absolute atomic E-state index is 4.22. The Bertz CT molecular complexity index is 434. The molecule has 0 aliphatic heterocycles. The molecule has 4 nitrogen and oxygen atoms in total. The summed E-state index contributed by atoms with van der Waals surface area (Å²) in [7, 11) is 1.88. The Morgan fingerprint density at radius 1 is 1.50 bits per heavy atom. The molecule has 12 heavy (non-hydrogen) atoms. The van der Waals surface area contributed by atoms with Crippen LogP contribution < -0.4 is 0 Å². The first-order chi connectivity index (χ1) is 5.68. The van der Waals surface area contributed by atoms with E-state index >= 15 is 0 Å². The first-order valence-corrected chi connectivity index (χ1v) is 4.29. The smallest absolute Gasteiger partial charge is 0.197 e. The Morgan fingerprint density at radius 2 is 2.25 bits per heavy atom. The van der Waals surface area contributed by atoms with Crippen LogP contribution in [0, 0.1) is 6.92 Å². The van der Waals surface area contributed by atoms with Gasteiger partial charge in [-0.1, -0.05) is 0 Å². The van der Waals surface area contributed by atoms with Crippen molar-refractivity contribution in [3.8, 4) is 0 Å². The van der Waals surface area contributed by atoms with Crippen LogP contribution in [-0.4, -0.2) is 19.7 Å². The van der Waals surface area contributed by atoms with Gasteiger partial charge in [-0.25, -0.2) is 9.97 Å². The zero-order valence-corrected chi connectivity index (χ0v) is 8.33. The van der Waals surface area contributed by atoms with Crippen LogP contribution in [0.2, 0.25) is 0 Å². The summed E-state index contributed by atoms with van der Waals surface area (Å²) in [6, 6.07) is 0. The second kappa shape index (κ2) is 2.52. The van der Waals surface area contributed by atoms with Crippen molar-refractivity contribution in [1.82, 2.24) is 19.7 Å². The predicted molar refractivity (Wildman–Crippen MR) is 48.7 cm³/mol. The van der Waals surface area contributed by atoms with Crippen molar-refractivity contribution in [2.24, 2.45) is 7.05 Å². The molecular weight excluding hydrogens is 220 g/mol. The van der Waals surface area contributed by atoms with Crippen LogP contribution in [0.1, 0.15) is 5.69 Å². The molecule has 0 saturated heterocycles. The average Bonchev–Trinajstić information content (AvgIpc) is 2.28. The van der Waals surface area contributed by atoms with Crippen LogP contribution in [0.5, 0.6) is 0 Å². The van der Waals surface area contributed by atoms with E-state index in [1.54, 1.807) is 10.9 Å². The third kappa shape index (κ3) is 1.01. The molecule has 0 amide bonds. The maximum atomic E-state index is 4.22. The number of aromatic nitrogens is 4. The van der Waals surface area contributed by atoms with Crippen molar-refractivity contribution >= 4 is 27.0 Å². The fourth-order valence-corrected chi connectivity index (χ4v) is 1.46. The lowest BCUT2D eigenvalue weighted by molar-refractivity contribution is 0.782. The number of hydrogen-bond acceptors (Lipinski definition) is 3. The molecule has 0 unspecified atom stereocenters. The van der Waals surface area contributed by atoms with Crippen molar-refractivity contribution in [3.63, 3.8) is 0 Å². The van der Waals surface area contributed by atoms with Gasteiger partial charge >= 0.3 is 0 Å². The van der Waals surface area contributed by atoms with Crippen molar-refractivity contribution in [2.45, 2.75) is 6.92 Å². The molecule has 2 heterocycles. The number of aryl methyl sites for hydroxylation is 2. The largest absolute Gasteiger partial charge is 0.264 e. The minimum absolute atomic E-state index is 0.603. The van der Waals surface area contributed by atoms with E-state index in [1.165, 1.54) is 0 Å². The second-order valence-electron chi connectivity index (χ2n) is 2.58. The van der Waals surface area contributed by atoms with E-state index in [1.807, 2.05) is 14.0 Å². The Balaban J connectivity index is 2.90. The molecule has 0 N–H and O–H groups in total. The predicted octanol–water partition coefficient (Wildman–Crippen LogP) is 1.43. The fraction of sp³-hybridized carbons (Fsp3) is 0.286. The monoisotopic (exact) mass is 226 g/mol. The molecule has 0 saturated carbocycles. The van der Waals surface area contributed by atoms with Gasteiger partial charge in [0.25, 0.3) is 0 Å². The maximum Gasteiger partial charge on any atom is 0.197 e. The van der Waals surface area contributed by atoms with E-state index in [-0.39, 0.29) is 0 Å². The van der Waals surface area contributed by atoms with E-state index in [0.29, 0.717) is 4.73 Å². The molecule has 0 radical (unpaired) electrons. The lowest BCUT2D eigenvalue weighted by Gasteiger charge is -1.91. The van der Waals surface area contributed by atoms with Gasteiger partial charge in [0.2, 0.25) is 0 Å². The van der Waals surface area contributed by atoms with Gasteiger partial charge in [0, 0.05) is 7.05 Å². The highest BCUT2D eigenvalue weighted by Crippen LogP contribution is 2.15. The van der Waals surface area contributed by atoms with Crippen molar-refractivity contribution in [3.05, 3.63) is 16.6 Å². The highest BCUT2D eigenvalue weighted by molar-refractivity contribution is 9.10. The Morgan fingerprint density at radius 3 is 3.00 bits per heavy atom.